The lowest BCUT2D eigenvalue weighted by Gasteiger charge is -2.14. The molecule has 5 nitrogen and oxygen atoms in total. The van der Waals surface area contributed by atoms with E-state index in [-0.39, 0.29) is 24.4 Å². The van der Waals surface area contributed by atoms with Gasteiger partial charge in [0.05, 0.1) is 12.2 Å². The van der Waals surface area contributed by atoms with E-state index in [2.05, 4.69) is 5.32 Å². The Morgan fingerprint density at radius 2 is 2.12 bits per heavy atom. The number of anilines is 1. The molecule has 0 spiro atoms. The Balaban J connectivity index is 0.00000225. The van der Waals surface area contributed by atoms with Crippen LogP contribution in [-0.4, -0.2) is 18.6 Å². The molecule has 0 fully saturated rings. The number of nitrogen functional groups attached to an aromatic ring is 1. The molecule has 0 saturated heterocycles. The van der Waals surface area contributed by atoms with Gasteiger partial charge in [-0.1, -0.05) is 12.1 Å². The third-order valence-corrected chi connectivity index (χ3v) is 4.02. The number of nitrogens with two attached hydrogens (primary N) is 1. The van der Waals surface area contributed by atoms with E-state index in [1.165, 1.54) is 0 Å². The summed E-state index contributed by atoms with van der Waals surface area (Å²) in [5.41, 5.74) is 8.83. The molecule has 3 N–H and O–H groups in total. The van der Waals surface area contributed by atoms with Crippen molar-refractivity contribution in [3.8, 4) is 11.5 Å². The predicted octanol–water partition coefficient (Wildman–Crippen LogP) is 3.34. The van der Waals surface area contributed by atoms with Crippen LogP contribution in [0.15, 0.2) is 36.4 Å². The van der Waals surface area contributed by atoms with Crippen molar-refractivity contribution in [1.29, 1.82) is 0 Å². The number of ether oxygens (including phenoxy) is 2. The highest BCUT2D eigenvalue weighted by atomic mass is 35.5. The molecule has 2 aromatic rings. The van der Waals surface area contributed by atoms with Crippen molar-refractivity contribution in [2.45, 2.75) is 32.9 Å². The number of hydrogen-bond acceptors (Lipinski definition) is 4. The lowest BCUT2D eigenvalue weighted by Crippen LogP contribution is -2.24. The smallest absolute Gasteiger partial charge is 0.253 e. The van der Waals surface area contributed by atoms with Gasteiger partial charge in [-0.15, -0.1) is 12.4 Å². The molecule has 6 heteroatoms. The largest absolute Gasteiger partial charge is 0.494 e. The highest BCUT2D eigenvalue weighted by Crippen LogP contribution is 2.35. The van der Waals surface area contributed by atoms with Crippen molar-refractivity contribution in [3.63, 3.8) is 0 Å². The molecule has 134 valence electrons. The molecule has 0 radical (unpaired) electrons. The van der Waals surface area contributed by atoms with E-state index in [9.17, 15) is 4.79 Å². The minimum absolute atomic E-state index is 0. The van der Waals surface area contributed by atoms with Crippen molar-refractivity contribution in [1.82, 2.24) is 5.32 Å². The Hall–Kier alpha value is -2.40. The molecule has 0 bridgehead atoms. The first kappa shape index (κ1) is 18.9. The van der Waals surface area contributed by atoms with Crippen LogP contribution < -0.4 is 20.5 Å². The zero-order valence-corrected chi connectivity index (χ0v) is 15.2. The Morgan fingerprint density at radius 1 is 1.36 bits per heavy atom. The fourth-order valence-corrected chi connectivity index (χ4v) is 2.88. The molecule has 1 heterocycles. The fraction of sp³-hybridized carbons (Fsp3) is 0.316. The van der Waals surface area contributed by atoms with Crippen LogP contribution >= 0.6 is 12.4 Å². The lowest BCUT2D eigenvalue weighted by molar-refractivity contribution is 0.0951. The third kappa shape index (κ3) is 4.17. The maximum absolute atomic E-state index is 12.3. The topological polar surface area (TPSA) is 73.6 Å². The van der Waals surface area contributed by atoms with Crippen LogP contribution in [0.1, 0.15) is 35.3 Å². The van der Waals surface area contributed by atoms with Crippen molar-refractivity contribution >= 4 is 24.0 Å². The Labute approximate surface area is 153 Å². The van der Waals surface area contributed by atoms with Gasteiger partial charge in [0.1, 0.15) is 17.6 Å². The molecule has 0 aliphatic carbocycles. The monoisotopic (exact) mass is 362 g/mol. The number of para-hydroxylation sites is 1. The van der Waals surface area contributed by atoms with E-state index >= 15 is 0 Å². The zero-order chi connectivity index (χ0) is 17.1. The number of halogens is 1. The van der Waals surface area contributed by atoms with Crippen LogP contribution in [-0.2, 0) is 13.0 Å². The van der Waals surface area contributed by atoms with Gasteiger partial charge in [-0.05, 0) is 38.1 Å². The number of carbonyl (C=O) groups excluding carboxylic acids is 1. The van der Waals surface area contributed by atoms with Crippen LogP contribution in [0, 0.1) is 0 Å². The van der Waals surface area contributed by atoms with Crippen LogP contribution in [0.2, 0.25) is 0 Å². The minimum atomic E-state index is -0.203. The number of hydrogen-bond donors (Lipinski definition) is 2. The van der Waals surface area contributed by atoms with Crippen molar-refractivity contribution in [3.05, 3.63) is 53.1 Å². The van der Waals surface area contributed by atoms with E-state index in [0.29, 0.717) is 24.4 Å². The van der Waals surface area contributed by atoms with Crippen molar-refractivity contribution < 1.29 is 14.3 Å². The lowest BCUT2D eigenvalue weighted by atomic mass is 10.1. The molecule has 1 unspecified atom stereocenters. The molecule has 1 aliphatic heterocycles. The van der Waals surface area contributed by atoms with E-state index in [1.807, 2.05) is 26.0 Å². The zero-order valence-electron chi connectivity index (χ0n) is 14.4. The van der Waals surface area contributed by atoms with E-state index < -0.39 is 0 Å². The highest BCUT2D eigenvalue weighted by molar-refractivity contribution is 5.99. The Morgan fingerprint density at radius 3 is 2.84 bits per heavy atom. The summed E-state index contributed by atoms with van der Waals surface area (Å²) in [6.07, 6.45) is 1.05. The maximum atomic E-state index is 12.3. The number of benzene rings is 2. The number of amides is 1. The van der Waals surface area contributed by atoms with Gasteiger partial charge >= 0.3 is 0 Å². The quantitative estimate of drug-likeness (QED) is 0.800. The van der Waals surface area contributed by atoms with Gasteiger partial charge in [0.2, 0.25) is 0 Å². The molecule has 0 aromatic heterocycles. The normalized spacial score (nSPS) is 14.9. The molecular formula is C19H23ClN2O3. The summed E-state index contributed by atoms with van der Waals surface area (Å²) in [6, 6.07) is 11.0. The average Bonchev–Trinajstić information content (AvgIpc) is 2.92. The van der Waals surface area contributed by atoms with Gasteiger partial charge in [-0.2, -0.15) is 0 Å². The van der Waals surface area contributed by atoms with Crippen LogP contribution in [0.25, 0.3) is 0 Å². The first-order valence-electron chi connectivity index (χ1n) is 8.16. The molecule has 2 aromatic carbocycles. The molecule has 1 atom stereocenters. The molecule has 0 saturated carbocycles. The fourth-order valence-electron chi connectivity index (χ4n) is 2.88. The van der Waals surface area contributed by atoms with Gasteiger partial charge in [-0.25, -0.2) is 0 Å². The van der Waals surface area contributed by atoms with E-state index in [4.69, 9.17) is 15.2 Å². The van der Waals surface area contributed by atoms with Crippen molar-refractivity contribution in [2.75, 3.05) is 12.3 Å². The summed E-state index contributed by atoms with van der Waals surface area (Å²) in [7, 11) is 0. The molecule has 1 amide bonds. The van der Waals surface area contributed by atoms with Crippen LogP contribution in [0.4, 0.5) is 5.69 Å². The van der Waals surface area contributed by atoms with Gasteiger partial charge < -0.3 is 20.5 Å². The standard InChI is InChI=1S/C19H22N2O3.ClH/c1-3-23-17-9-13-8-12(2)24-18(13)10-14(17)11-21-19(22)15-6-4-5-7-16(15)20;/h4-7,9-10,12H,3,8,11,20H2,1-2H3,(H,21,22);1H. The third-order valence-electron chi connectivity index (χ3n) is 4.02. The van der Waals surface area contributed by atoms with E-state index in [1.54, 1.807) is 24.3 Å². The summed E-state index contributed by atoms with van der Waals surface area (Å²) in [5, 5.41) is 2.90. The first-order chi connectivity index (χ1) is 11.6. The second kappa shape index (κ2) is 8.12. The number of fused-ring (bicyclic) bond motifs is 1. The van der Waals surface area contributed by atoms with E-state index in [0.717, 1.165) is 29.0 Å². The first-order valence-corrected chi connectivity index (χ1v) is 8.16. The highest BCUT2D eigenvalue weighted by Gasteiger charge is 2.22. The number of carbonyl (C=O) groups is 1. The average molecular weight is 363 g/mol. The maximum Gasteiger partial charge on any atom is 0.253 e. The molecule has 1 aliphatic rings. The summed E-state index contributed by atoms with van der Waals surface area (Å²) in [6.45, 7) is 4.91. The van der Waals surface area contributed by atoms with Crippen molar-refractivity contribution in [2.24, 2.45) is 0 Å². The Bertz CT molecular complexity index is 764. The minimum Gasteiger partial charge on any atom is -0.494 e. The SMILES string of the molecule is CCOc1cc2c(cc1CNC(=O)c1ccccc1N)OC(C)C2.Cl. The predicted molar refractivity (Wildman–Crippen MR) is 101 cm³/mol. The second-order valence-electron chi connectivity index (χ2n) is 5.90. The summed E-state index contributed by atoms with van der Waals surface area (Å²) in [5.74, 6) is 1.45. The summed E-state index contributed by atoms with van der Waals surface area (Å²) < 4.78 is 11.5. The van der Waals surface area contributed by atoms with Gasteiger partial charge in [-0.3, -0.25) is 4.79 Å². The number of rotatable bonds is 5. The Kier molecular flexibility index (Phi) is 6.15. The van der Waals surface area contributed by atoms with Crippen LogP contribution in [0.3, 0.4) is 0 Å². The molecule has 3 rings (SSSR count). The summed E-state index contributed by atoms with van der Waals surface area (Å²) in [4.78, 5) is 12.3. The number of nitrogens with one attached hydrogen (secondary N) is 1. The summed E-state index contributed by atoms with van der Waals surface area (Å²) >= 11 is 0. The molecular weight excluding hydrogens is 340 g/mol. The van der Waals surface area contributed by atoms with Gasteiger partial charge in [0, 0.05) is 29.8 Å². The molecule has 25 heavy (non-hydrogen) atoms. The van der Waals surface area contributed by atoms with Gasteiger partial charge in [0.25, 0.3) is 5.91 Å². The second-order valence-corrected chi connectivity index (χ2v) is 5.90. The van der Waals surface area contributed by atoms with Crippen LogP contribution in [0.5, 0.6) is 11.5 Å². The van der Waals surface area contributed by atoms with Gasteiger partial charge in [0.15, 0.2) is 0 Å².